The minimum absolute atomic E-state index is 0.248. The predicted molar refractivity (Wildman–Crippen MR) is 68.4 cm³/mol. The van der Waals surface area contributed by atoms with Crippen LogP contribution in [0.15, 0.2) is 43.0 Å². The van der Waals surface area contributed by atoms with Crippen molar-refractivity contribution in [3.8, 4) is 11.3 Å². The number of carbonyl (C=O) groups excluding carboxylic acids is 1. The first kappa shape index (κ1) is 11.1. The molecule has 0 unspecified atom stereocenters. The molecule has 1 aromatic carbocycles. The van der Waals surface area contributed by atoms with Crippen molar-refractivity contribution >= 4 is 11.6 Å². The number of aromatic nitrogens is 5. The number of nitrogens with one attached hydrogen (secondary N) is 3. The van der Waals surface area contributed by atoms with E-state index in [9.17, 15) is 4.79 Å². The number of anilines is 1. The maximum atomic E-state index is 11.7. The fraction of sp³-hybridized carbons (Fsp3) is 0. The first-order valence-corrected chi connectivity index (χ1v) is 5.59. The Morgan fingerprint density at radius 1 is 1.16 bits per heavy atom. The van der Waals surface area contributed by atoms with Gasteiger partial charge in [-0.3, -0.25) is 4.79 Å². The molecule has 19 heavy (non-hydrogen) atoms. The van der Waals surface area contributed by atoms with Gasteiger partial charge in [-0.25, -0.2) is 4.98 Å². The molecule has 0 aliphatic heterocycles. The average Bonchev–Trinajstić information content (AvgIpc) is 3.13. The third kappa shape index (κ3) is 2.34. The second kappa shape index (κ2) is 4.73. The third-order valence-electron chi connectivity index (χ3n) is 2.60. The summed E-state index contributed by atoms with van der Waals surface area (Å²) in [6, 6.07) is 7.42. The van der Waals surface area contributed by atoms with Crippen molar-refractivity contribution in [2.24, 2.45) is 0 Å². The molecule has 3 aromatic rings. The van der Waals surface area contributed by atoms with Gasteiger partial charge in [0, 0.05) is 5.69 Å². The summed E-state index contributed by atoms with van der Waals surface area (Å²) in [6.45, 7) is 0. The summed E-state index contributed by atoms with van der Waals surface area (Å²) in [7, 11) is 0. The maximum absolute atomic E-state index is 11.7. The Balaban J connectivity index is 1.75. The lowest BCUT2D eigenvalue weighted by Crippen LogP contribution is -2.12. The van der Waals surface area contributed by atoms with Crippen LogP contribution < -0.4 is 5.32 Å². The van der Waals surface area contributed by atoms with Crippen molar-refractivity contribution in [2.45, 2.75) is 0 Å². The summed E-state index contributed by atoms with van der Waals surface area (Å²) in [5.41, 5.74) is 2.86. The zero-order chi connectivity index (χ0) is 13.1. The lowest BCUT2D eigenvalue weighted by atomic mass is 10.1. The number of rotatable bonds is 3. The van der Waals surface area contributed by atoms with Gasteiger partial charge in [0.2, 0.25) is 0 Å². The van der Waals surface area contributed by atoms with Crippen molar-refractivity contribution in [3.05, 3.63) is 48.7 Å². The van der Waals surface area contributed by atoms with Crippen molar-refractivity contribution in [3.63, 3.8) is 0 Å². The third-order valence-corrected chi connectivity index (χ3v) is 2.60. The van der Waals surface area contributed by atoms with Gasteiger partial charge in [0.15, 0.2) is 5.69 Å². The maximum Gasteiger partial charge on any atom is 0.277 e. The molecule has 0 aliphatic rings. The van der Waals surface area contributed by atoms with Gasteiger partial charge < -0.3 is 10.3 Å². The van der Waals surface area contributed by atoms with Gasteiger partial charge >= 0.3 is 0 Å². The highest BCUT2D eigenvalue weighted by atomic mass is 16.2. The van der Waals surface area contributed by atoms with Crippen molar-refractivity contribution < 1.29 is 4.79 Å². The van der Waals surface area contributed by atoms with E-state index in [0.717, 1.165) is 11.3 Å². The molecule has 94 valence electrons. The van der Waals surface area contributed by atoms with Gasteiger partial charge in [-0.1, -0.05) is 12.1 Å². The van der Waals surface area contributed by atoms with Crippen molar-refractivity contribution in [1.29, 1.82) is 0 Å². The van der Waals surface area contributed by atoms with E-state index in [2.05, 4.69) is 30.7 Å². The Kier molecular flexibility index (Phi) is 2.77. The van der Waals surface area contributed by atoms with E-state index in [1.807, 2.05) is 24.3 Å². The second-order valence-corrected chi connectivity index (χ2v) is 3.85. The average molecular weight is 254 g/mol. The van der Waals surface area contributed by atoms with Gasteiger partial charge in [0.05, 0.1) is 24.4 Å². The van der Waals surface area contributed by atoms with Crippen LogP contribution in [-0.4, -0.2) is 31.3 Å². The van der Waals surface area contributed by atoms with E-state index < -0.39 is 0 Å². The smallest absolute Gasteiger partial charge is 0.277 e. The zero-order valence-electron chi connectivity index (χ0n) is 9.79. The normalized spacial score (nSPS) is 10.3. The molecule has 0 bridgehead atoms. The van der Waals surface area contributed by atoms with Crippen LogP contribution in [0.3, 0.4) is 0 Å². The summed E-state index contributed by atoms with van der Waals surface area (Å²) in [5, 5.41) is 12.4. The fourth-order valence-electron chi connectivity index (χ4n) is 1.65. The van der Waals surface area contributed by atoms with Crippen LogP contribution in [0.5, 0.6) is 0 Å². The van der Waals surface area contributed by atoms with Crippen LogP contribution >= 0.6 is 0 Å². The molecule has 2 heterocycles. The second-order valence-electron chi connectivity index (χ2n) is 3.85. The highest BCUT2D eigenvalue weighted by Gasteiger charge is 2.08. The van der Waals surface area contributed by atoms with Gasteiger partial charge in [0.25, 0.3) is 5.91 Å². The molecule has 0 fully saturated rings. The van der Waals surface area contributed by atoms with Crippen LogP contribution in [0.25, 0.3) is 11.3 Å². The fourth-order valence-corrected chi connectivity index (χ4v) is 1.65. The van der Waals surface area contributed by atoms with Crippen LogP contribution in [-0.2, 0) is 0 Å². The number of imidazole rings is 1. The van der Waals surface area contributed by atoms with E-state index in [4.69, 9.17) is 0 Å². The van der Waals surface area contributed by atoms with Crippen molar-refractivity contribution in [1.82, 2.24) is 25.4 Å². The van der Waals surface area contributed by atoms with Gasteiger partial charge in [-0.05, 0) is 17.7 Å². The lowest BCUT2D eigenvalue weighted by Gasteiger charge is -2.04. The molecule has 0 aliphatic carbocycles. The number of H-pyrrole nitrogens is 2. The molecule has 3 rings (SSSR count). The van der Waals surface area contributed by atoms with Gasteiger partial charge in [-0.2, -0.15) is 15.4 Å². The highest BCUT2D eigenvalue weighted by Crippen LogP contribution is 2.18. The van der Waals surface area contributed by atoms with Crippen LogP contribution in [0.4, 0.5) is 5.69 Å². The minimum Gasteiger partial charge on any atom is -0.345 e. The molecule has 7 heteroatoms. The molecular weight excluding hydrogens is 244 g/mol. The molecule has 1 amide bonds. The Morgan fingerprint density at radius 3 is 2.63 bits per heavy atom. The summed E-state index contributed by atoms with van der Waals surface area (Å²) < 4.78 is 0. The van der Waals surface area contributed by atoms with E-state index in [1.165, 1.54) is 6.20 Å². The number of hydrogen-bond donors (Lipinski definition) is 3. The summed E-state index contributed by atoms with van der Waals surface area (Å²) >= 11 is 0. The quantitative estimate of drug-likeness (QED) is 0.658. The monoisotopic (exact) mass is 254 g/mol. The lowest BCUT2D eigenvalue weighted by molar-refractivity contribution is 0.102. The summed E-state index contributed by atoms with van der Waals surface area (Å²) in [5.74, 6) is -0.303. The summed E-state index contributed by atoms with van der Waals surface area (Å²) in [6.07, 6.45) is 4.73. The Labute approximate surface area is 108 Å². The van der Waals surface area contributed by atoms with Gasteiger partial charge in [0.1, 0.15) is 0 Å². The first-order chi connectivity index (χ1) is 9.33. The molecule has 0 spiro atoms. The van der Waals surface area contributed by atoms with E-state index >= 15 is 0 Å². The Morgan fingerprint density at radius 2 is 2.00 bits per heavy atom. The number of carbonyl (C=O) groups is 1. The Bertz CT molecular complexity index is 657. The van der Waals surface area contributed by atoms with Crippen LogP contribution in [0, 0.1) is 0 Å². The Hall–Kier alpha value is -2.96. The highest BCUT2D eigenvalue weighted by molar-refractivity contribution is 6.02. The predicted octanol–water partition coefficient (Wildman–Crippen LogP) is 1.45. The minimum atomic E-state index is -0.303. The molecule has 2 aromatic heterocycles. The van der Waals surface area contributed by atoms with Crippen LogP contribution in [0.1, 0.15) is 10.5 Å². The van der Waals surface area contributed by atoms with E-state index in [-0.39, 0.29) is 11.6 Å². The topological polar surface area (TPSA) is 99.4 Å². The largest absolute Gasteiger partial charge is 0.345 e. The number of benzene rings is 1. The molecule has 0 saturated heterocycles. The SMILES string of the molecule is O=C(Nc1ccc(-c2cnc[nH]2)cc1)c1cn[nH]n1. The van der Waals surface area contributed by atoms with E-state index in [0.29, 0.717) is 5.69 Å². The van der Waals surface area contributed by atoms with E-state index in [1.54, 1.807) is 12.5 Å². The number of nitrogens with zero attached hydrogens (tertiary/aromatic N) is 3. The molecule has 7 nitrogen and oxygen atoms in total. The van der Waals surface area contributed by atoms with Gasteiger partial charge in [-0.15, -0.1) is 0 Å². The summed E-state index contributed by atoms with van der Waals surface area (Å²) in [4.78, 5) is 18.7. The van der Waals surface area contributed by atoms with Crippen molar-refractivity contribution in [2.75, 3.05) is 5.32 Å². The standard InChI is InChI=1S/C12H10N6O/c19-12(11-6-15-18-17-11)16-9-3-1-8(2-4-9)10-5-13-7-14-10/h1-7H,(H,13,14)(H,16,19)(H,15,17,18). The number of amides is 1. The van der Waals surface area contributed by atoms with Crippen LogP contribution in [0.2, 0.25) is 0 Å². The number of hydrogen-bond acceptors (Lipinski definition) is 4. The number of aromatic amines is 2. The molecule has 0 radical (unpaired) electrons. The molecular formula is C12H10N6O. The molecule has 0 saturated carbocycles. The zero-order valence-corrected chi connectivity index (χ0v) is 9.79. The molecule has 3 N–H and O–H groups in total. The molecule has 0 atom stereocenters. The first-order valence-electron chi connectivity index (χ1n) is 5.59.